The normalized spacial score (nSPS) is 18.8. The van der Waals surface area contributed by atoms with Gasteiger partial charge in [-0.05, 0) is 31.5 Å². The van der Waals surface area contributed by atoms with Crippen molar-refractivity contribution in [1.82, 2.24) is 14.8 Å². The van der Waals surface area contributed by atoms with Gasteiger partial charge in [0.05, 0.1) is 0 Å². The van der Waals surface area contributed by atoms with Crippen LogP contribution in [0.3, 0.4) is 0 Å². The summed E-state index contributed by atoms with van der Waals surface area (Å²) in [6, 6.07) is 0. The van der Waals surface area contributed by atoms with E-state index in [0.717, 1.165) is 11.0 Å². The second-order valence-corrected chi connectivity index (χ2v) is 4.45. The Bertz CT molecular complexity index is 442. The third-order valence-electron chi connectivity index (χ3n) is 2.89. The van der Waals surface area contributed by atoms with E-state index in [1.54, 1.807) is 0 Å². The number of nitrogens with one attached hydrogen (secondary N) is 1. The molecule has 0 bridgehead atoms. The molecule has 0 atom stereocenters. The highest BCUT2D eigenvalue weighted by Crippen LogP contribution is 2.55. The van der Waals surface area contributed by atoms with Gasteiger partial charge in [0, 0.05) is 6.42 Å². The van der Waals surface area contributed by atoms with Crippen LogP contribution in [0.1, 0.15) is 32.0 Å². The Hall–Kier alpha value is -0.850. The molecule has 1 aromatic rings. The molecule has 1 aromatic heterocycles. The summed E-state index contributed by atoms with van der Waals surface area (Å²) in [6.07, 6.45) is -2.81. The Labute approximate surface area is 95.7 Å². The van der Waals surface area contributed by atoms with E-state index in [4.69, 9.17) is 12.2 Å². The summed E-state index contributed by atoms with van der Waals surface area (Å²) in [5.74, 6) is 0.405. The molecule has 1 aliphatic rings. The lowest BCUT2D eigenvalue weighted by Gasteiger charge is -2.22. The van der Waals surface area contributed by atoms with E-state index in [0.29, 0.717) is 12.2 Å². The van der Waals surface area contributed by atoms with Crippen LogP contribution >= 0.6 is 12.2 Å². The second kappa shape index (κ2) is 3.58. The molecule has 2 rings (SSSR count). The monoisotopic (exact) mass is 251 g/mol. The van der Waals surface area contributed by atoms with Crippen molar-refractivity contribution in [1.29, 1.82) is 0 Å². The lowest BCUT2D eigenvalue weighted by atomic mass is 10.2. The van der Waals surface area contributed by atoms with Crippen molar-refractivity contribution in [3.05, 3.63) is 10.6 Å². The summed E-state index contributed by atoms with van der Waals surface area (Å²) in [5, 5.41) is 6.33. The summed E-state index contributed by atoms with van der Waals surface area (Å²) in [6.45, 7) is 1.90. The van der Waals surface area contributed by atoms with Gasteiger partial charge in [0.2, 0.25) is 0 Å². The molecule has 0 aliphatic heterocycles. The third kappa shape index (κ3) is 1.57. The van der Waals surface area contributed by atoms with Gasteiger partial charge in [-0.1, -0.05) is 6.92 Å². The zero-order chi connectivity index (χ0) is 12.0. The van der Waals surface area contributed by atoms with Crippen LogP contribution in [0, 0.1) is 4.77 Å². The van der Waals surface area contributed by atoms with E-state index in [-0.39, 0.29) is 17.6 Å². The molecule has 0 unspecified atom stereocenters. The first-order valence-electron chi connectivity index (χ1n) is 5.16. The molecule has 1 heterocycles. The van der Waals surface area contributed by atoms with E-state index in [1.807, 2.05) is 6.92 Å². The Morgan fingerprint density at radius 3 is 2.56 bits per heavy atom. The first-order chi connectivity index (χ1) is 7.42. The smallest absolute Gasteiger partial charge is 0.289 e. The van der Waals surface area contributed by atoms with Crippen LogP contribution in [0.15, 0.2) is 0 Å². The maximum absolute atomic E-state index is 13.0. The van der Waals surface area contributed by atoms with Gasteiger partial charge in [0.15, 0.2) is 4.77 Å². The first kappa shape index (κ1) is 11.6. The second-order valence-electron chi connectivity index (χ2n) is 4.06. The molecule has 90 valence electrons. The third-order valence-corrected chi connectivity index (χ3v) is 3.17. The van der Waals surface area contributed by atoms with Gasteiger partial charge in [-0.25, -0.2) is 0 Å². The lowest BCUT2D eigenvalue weighted by molar-refractivity contribution is -0.180. The molecule has 3 nitrogen and oxygen atoms in total. The molecule has 0 spiro atoms. The summed E-state index contributed by atoms with van der Waals surface area (Å²) >= 11 is 4.89. The van der Waals surface area contributed by atoms with Crippen molar-refractivity contribution in [3.63, 3.8) is 0 Å². The summed E-state index contributed by atoms with van der Waals surface area (Å²) in [7, 11) is 0. The van der Waals surface area contributed by atoms with Crippen LogP contribution in [0.4, 0.5) is 13.2 Å². The van der Waals surface area contributed by atoms with Gasteiger partial charge < -0.3 is 0 Å². The van der Waals surface area contributed by atoms with E-state index in [9.17, 15) is 13.2 Å². The predicted octanol–water partition coefficient (Wildman–Crippen LogP) is 2.94. The molecule has 0 amide bonds. The van der Waals surface area contributed by atoms with E-state index in [1.165, 1.54) is 0 Å². The number of aromatic amines is 1. The maximum atomic E-state index is 13.0. The topological polar surface area (TPSA) is 33.6 Å². The lowest BCUT2D eigenvalue weighted by Crippen LogP contribution is -2.36. The van der Waals surface area contributed by atoms with Crippen molar-refractivity contribution in [2.24, 2.45) is 0 Å². The molecule has 1 N–H and O–H groups in total. The number of hydrogen-bond acceptors (Lipinski definition) is 2. The predicted molar refractivity (Wildman–Crippen MR) is 54.7 cm³/mol. The van der Waals surface area contributed by atoms with Crippen LogP contribution < -0.4 is 0 Å². The Balaban J connectivity index is 2.48. The molecular weight excluding hydrogens is 239 g/mol. The first-order valence-corrected chi connectivity index (χ1v) is 5.57. The van der Waals surface area contributed by atoms with Crippen LogP contribution in [-0.2, 0) is 12.0 Å². The number of H-pyrrole nitrogens is 1. The fourth-order valence-electron chi connectivity index (χ4n) is 1.91. The molecule has 0 aromatic carbocycles. The zero-order valence-electron chi connectivity index (χ0n) is 8.76. The van der Waals surface area contributed by atoms with Gasteiger partial charge in [0.1, 0.15) is 11.4 Å². The highest BCUT2D eigenvalue weighted by atomic mass is 32.1. The fraction of sp³-hybridized carbons (Fsp3) is 0.778. The van der Waals surface area contributed by atoms with Crippen molar-refractivity contribution in [2.45, 2.75) is 44.3 Å². The van der Waals surface area contributed by atoms with Crippen molar-refractivity contribution >= 4 is 12.2 Å². The van der Waals surface area contributed by atoms with Crippen molar-refractivity contribution < 1.29 is 13.2 Å². The SMILES string of the molecule is CCCc1n[nH]c(=S)n1C1(C(F)(F)F)CC1. The standard InChI is InChI=1S/C9H12F3N3S/c1-2-3-6-13-14-7(16)15(6)8(4-5-8)9(10,11)12/h2-5H2,1H3,(H,14,16). The molecule has 0 saturated heterocycles. The largest absolute Gasteiger partial charge is 0.412 e. The molecule has 16 heavy (non-hydrogen) atoms. The van der Waals surface area contributed by atoms with Gasteiger partial charge in [-0.3, -0.25) is 9.67 Å². The molecule has 7 heteroatoms. The highest BCUT2D eigenvalue weighted by molar-refractivity contribution is 7.71. The average Bonchev–Trinajstić information content (AvgIpc) is 2.89. The molecule has 1 aliphatic carbocycles. The van der Waals surface area contributed by atoms with Gasteiger partial charge in [-0.2, -0.15) is 18.3 Å². The van der Waals surface area contributed by atoms with Crippen LogP contribution in [0.2, 0.25) is 0 Å². The Morgan fingerprint density at radius 2 is 2.12 bits per heavy atom. The van der Waals surface area contributed by atoms with Crippen molar-refractivity contribution in [3.8, 4) is 0 Å². The number of alkyl halides is 3. The van der Waals surface area contributed by atoms with E-state index in [2.05, 4.69) is 10.2 Å². The van der Waals surface area contributed by atoms with Crippen LogP contribution in [0.5, 0.6) is 0 Å². The summed E-state index contributed by atoms with van der Waals surface area (Å²) in [4.78, 5) is 0. The molecule has 1 saturated carbocycles. The van der Waals surface area contributed by atoms with Gasteiger partial charge in [-0.15, -0.1) is 0 Å². The van der Waals surface area contributed by atoms with E-state index < -0.39 is 11.7 Å². The number of halogens is 3. The minimum atomic E-state index is -4.25. The van der Waals surface area contributed by atoms with Crippen LogP contribution in [0.25, 0.3) is 0 Å². The number of hydrogen-bond donors (Lipinski definition) is 1. The Kier molecular flexibility index (Phi) is 2.60. The fourth-order valence-corrected chi connectivity index (χ4v) is 2.24. The number of rotatable bonds is 3. The summed E-state index contributed by atoms with van der Waals surface area (Å²) in [5.41, 5.74) is -1.79. The van der Waals surface area contributed by atoms with Gasteiger partial charge in [0.25, 0.3) is 0 Å². The van der Waals surface area contributed by atoms with Crippen LogP contribution in [-0.4, -0.2) is 20.9 Å². The Morgan fingerprint density at radius 1 is 1.50 bits per heavy atom. The van der Waals surface area contributed by atoms with Crippen molar-refractivity contribution in [2.75, 3.05) is 0 Å². The number of nitrogens with zero attached hydrogens (tertiary/aromatic N) is 2. The summed E-state index contributed by atoms with van der Waals surface area (Å²) < 4.78 is 40.1. The highest BCUT2D eigenvalue weighted by Gasteiger charge is 2.65. The zero-order valence-corrected chi connectivity index (χ0v) is 9.58. The average molecular weight is 251 g/mol. The minimum absolute atomic E-state index is 0.0678. The maximum Gasteiger partial charge on any atom is 0.412 e. The number of aromatic nitrogens is 3. The quantitative estimate of drug-likeness (QED) is 0.838. The molecular formula is C9H12F3N3S. The number of aryl methyl sites for hydroxylation is 1. The minimum Gasteiger partial charge on any atom is -0.289 e. The molecule has 0 radical (unpaired) electrons. The van der Waals surface area contributed by atoms with E-state index >= 15 is 0 Å². The molecule has 1 fully saturated rings. The van der Waals surface area contributed by atoms with Gasteiger partial charge >= 0.3 is 6.18 Å².